The maximum absolute atomic E-state index is 3.86. The van der Waals surface area contributed by atoms with Crippen LogP contribution in [0.3, 0.4) is 0 Å². The van der Waals surface area contributed by atoms with Crippen molar-refractivity contribution >= 4 is 16.5 Å². The van der Waals surface area contributed by atoms with Crippen molar-refractivity contribution in [3.8, 4) is 0 Å². The second-order valence-corrected chi connectivity index (χ2v) is 4.99. The molecule has 4 heteroatoms. The average Bonchev–Trinajstić information content (AvgIpc) is 2.77. The Labute approximate surface area is 81.7 Å². The van der Waals surface area contributed by atoms with Gasteiger partial charge in [-0.05, 0) is 31.1 Å². The first kappa shape index (κ1) is 7.74. The van der Waals surface area contributed by atoms with Gasteiger partial charge in [-0.15, -0.1) is 5.10 Å². The zero-order chi connectivity index (χ0) is 8.67. The first-order valence-electron chi connectivity index (χ1n) is 4.96. The van der Waals surface area contributed by atoms with Gasteiger partial charge in [-0.25, -0.2) is 0 Å². The standard InChI is InChI=1S/C9H13N3S/c1-2-7-3-6(1)4-8(7)11-9-5-10-12-13-9/h5-8,11H,1-4H2. The van der Waals surface area contributed by atoms with Crippen LogP contribution >= 0.6 is 11.5 Å². The van der Waals surface area contributed by atoms with Crippen LogP contribution in [-0.4, -0.2) is 15.6 Å². The Balaban J connectivity index is 1.68. The normalized spacial score (nSPS) is 36.8. The lowest BCUT2D eigenvalue weighted by molar-refractivity contribution is 0.440. The van der Waals surface area contributed by atoms with Gasteiger partial charge in [0.15, 0.2) is 0 Å². The third kappa shape index (κ3) is 1.33. The fourth-order valence-corrected chi connectivity index (χ4v) is 3.32. The minimum atomic E-state index is 0.709. The molecule has 0 radical (unpaired) electrons. The maximum atomic E-state index is 3.86. The minimum absolute atomic E-state index is 0.709. The molecule has 2 aliphatic carbocycles. The molecular weight excluding hydrogens is 182 g/mol. The number of anilines is 1. The number of rotatable bonds is 2. The Morgan fingerprint density at radius 1 is 1.38 bits per heavy atom. The first-order chi connectivity index (χ1) is 6.42. The van der Waals surface area contributed by atoms with Crippen LogP contribution in [0.1, 0.15) is 25.7 Å². The average molecular weight is 195 g/mol. The van der Waals surface area contributed by atoms with E-state index in [1.165, 1.54) is 37.2 Å². The highest BCUT2D eigenvalue weighted by atomic mass is 32.1. The second kappa shape index (κ2) is 2.94. The molecule has 2 bridgehead atoms. The summed E-state index contributed by atoms with van der Waals surface area (Å²) < 4.78 is 3.86. The third-order valence-electron chi connectivity index (χ3n) is 3.43. The number of nitrogens with one attached hydrogen (secondary N) is 1. The largest absolute Gasteiger partial charge is 0.371 e. The van der Waals surface area contributed by atoms with Gasteiger partial charge in [0.05, 0.1) is 6.20 Å². The van der Waals surface area contributed by atoms with Gasteiger partial charge in [0.25, 0.3) is 0 Å². The zero-order valence-electron chi connectivity index (χ0n) is 7.44. The van der Waals surface area contributed by atoms with Gasteiger partial charge < -0.3 is 5.32 Å². The molecule has 3 rings (SSSR count). The molecule has 13 heavy (non-hydrogen) atoms. The molecule has 0 saturated heterocycles. The first-order valence-corrected chi connectivity index (χ1v) is 5.73. The van der Waals surface area contributed by atoms with Crippen LogP contribution in [0.25, 0.3) is 0 Å². The molecule has 2 aliphatic rings. The summed E-state index contributed by atoms with van der Waals surface area (Å²) >= 11 is 1.46. The van der Waals surface area contributed by atoms with E-state index in [0.29, 0.717) is 6.04 Å². The summed E-state index contributed by atoms with van der Waals surface area (Å²) in [4.78, 5) is 0. The quantitative estimate of drug-likeness (QED) is 0.785. The predicted octanol–water partition coefficient (Wildman–Crippen LogP) is 2.14. The summed E-state index contributed by atoms with van der Waals surface area (Å²) in [6.07, 6.45) is 7.53. The van der Waals surface area contributed by atoms with E-state index >= 15 is 0 Å². The number of nitrogens with zero attached hydrogens (tertiary/aromatic N) is 2. The summed E-state index contributed by atoms with van der Waals surface area (Å²) in [5.74, 6) is 1.93. The summed E-state index contributed by atoms with van der Waals surface area (Å²) in [7, 11) is 0. The van der Waals surface area contributed by atoms with Gasteiger partial charge in [0.1, 0.15) is 5.00 Å². The highest BCUT2D eigenvalue weighted by Gasteiger charge is 2.39. The minimum Gasteiger partial charge on any atom is -0.371 e. The molecule has 3 unspecified atom stereocenters. The van der Waals surface area contributed by atoms with Crippen molar-refractivity contribution in [3.05, 3.63) is 6.20 Å². The van der Waals surface area contributed by atoms with Gasteiger partial charge in [-0.1, -0.05) is 10.9 Å². The van der Waals surface area contributed by atoms with Gasteiger partial charge in [-0.2, -0.15) is 0 Å². The molecule has 0 spiro atoms. The SMILES string of the molecule is c1nnsc1NC1CC2CCC1C2. The molecule has 3 atom stereocenters. The van der Waals surface area contributed by atoms with Crippen molar-refractivity contribution < 1.29 is 0 Å². The summed E-state index contributed by atoms with van der Waals surface area (Å²) in [6.45, 7) is 0. The van der Waals surface area contributed by atoms with Crippen LogP contribution < -0.4 is 5.32 Å². The molecule has 0 aromatic carbocycles. The zero-order valence-corrected chi connectivity index (χ0v) is 8.26. The number of aromatic nitrogens is 2. The molecule has 1 aromatic rings. The number of hydrogen-bond donors (Lipinski definition) is 1. The van der Waals surface area contributed by atoms with E-state index in [4.69, 9.17) is 0 Å². The predicted molar refractivity (Wildman–Crippen MR) is 52.8 cm³/mol. The van der Waals surface area contributed by atoms with Crippen molar-refractivity contribution in [3.63, 3.8) is 0 Å². The summed E-state index contributed by atoms with van der Waals surface area (Å²) in [5, 5.41) is 8.51. The van der Waals surface area contributed by atoms with Gasteiger partial charge >= 0.3 is 0 Å². The van der Waals surface area contributed by atoms with E-state index in [1.54, 1.807) is 0 Å². The molecule has 0 aliphatic heterocycles. The molecule has 2 fully saturated rings. The van der Waals surface area contributed by atoms with Gasteiger partial charge in [0.2, 0.25) is 0 Å². The van der Waals surface area contributed by atoms with Crippen molar-refractivity contribution in [2.75, 3.05) is 5.32 Å². The molecule has 1 aromatic heterocycles. The number of fused-ring (bicyclic) bond motifs is 2. The molecule has 3 nitrogen and oxygen atoms in total. The maximum Gasteiger partial charge on any atom is 0.130 e. The van der Waals surface area contributed by atoms with Gasteiger partial charge in [0, 0.05) is 17.6 Å². The fraction of sp³-hybridized carbons (Fsp3) is 0.778. The van der Waals surface area contributed by atoms with Crippen LogP contribution in [0.4, 0.5) is 5.00 Å². The monoisotopic (exact) mass is 195 g/mol. The van der Waals surface area contributed by atoms with Crippen LogP contribution in [-0.2, 0) is 0 Å². The van der Waals surface area contributed by atoms with Gasteiger partial charge in [-0.3, -0.25) is 0 Å². The van der Waals surface area contributed by atoms with E-state index < -0.39 is 0 Å². The Bertz CT molecular complexity index is 285. The van der Waals surface area contributed by atoms with Crippen molar-refractivity contribution in [2.45, 2.75) is 31.7 Å². The van der Waals surface area contributed by atoms with Crippen molar-refractivity contribution in [2.24, 2.45) is 11.8 Å². The van der Waals surface area contributed by atoms with E-state index in [1.807, 2.05) is 6.20 Å². The second-order valence-electron chi connectivity index (χ2n) is 4.21. The third-order valence-corrected chi connectivity index (χ3v) is 4.02. The lowest BCUT2D eigenvalue weighted by atomic mass is 9.95. The van der Waals surface area contributed by atoms with Crippen LogP contribution in [0.15, 0.2) is 6.20 Å². The Hall–Kier alpha value is -0.640. The molecule has 1 heterocycles. The molecule has 2 saturated carbocycles. The summed E-state index contributed by atoms with van der Waals surface area (Å²) in [5.41, 5.74) is 0. The molecular formula is C9H13N3S. The van der Waals surface area contributed by atoms with Crippen LogP contribution in [0, 0.1) is 11.8 Å². The van der Waals surface area contributed by atoms with Crippen LogP contribution in [0.5, 0.6) is 0 Å². The molecule has 1 N–H and O–H groups in total. The molecule has 0 amide bonds. The molecule has 70 valence electrons. The van der Waals surface area contributed by atoms with Crippen molar-refractivity contribution in [1.82, 2.24) is 9.59 Å². The Morgan fingerprint density at radius 3 is 3.00 bits per heavy atom. The highest BCUT2D eigenvalue weighted by Crippen LogP contribution is 2.45. The van der Waals surface area contributed by atoms with Crippen molar-refractivity contribution in [1.29, 1.82) is 0 Å². The van der Waals surface area contributed by atoms with E-state index in [9.17, 15) is 0 Å². The Morgan fingerprint density at radius 2 is 2.38 bits per heavy atom. The number of hydrogen-bond acceptors (Lipinski definition) is 4. The Kier molecular flexibility index (Phi) is 1.75. The lowest BCUT2D eigenvalue weighted by Gasteiger charge is -2.22. The highest BCUT2D eigenvalue weighted by molar-refractivity contribution is 7.09. The fourth-order valence-electron chi connectivity index (χ4n) is 2.83. The topological polar surface area (TPSA) is 37.8 Å². The summed E-state index contributed by atoms with van der Waals surface area (Å²) in [6, 6.07) is 0.709. The van der Waals surface area contributed by atoms with Crippen LogP contribution in [0.2, 0.25) is 0 Å². The van der Waals surface area contributed by atoms with E-state index in [0.717, 1.165) is 16.8 Å². The van der Waals surface area contributed by atoms with E-state index in [2.05, 4.69) is 14.9 Å². The van der Waals surface area contributed by atoms with E-state index in [-0.39, 0.29) is 0 Å². The smallest absolute Gasteiger partial charge is 0.130 e. The lowest BCUT2D eigenvalue weighted by Crippen LogP contribution is -2.25.